The highest BCUT2D eigenvalue weighted by Gasteiger charge is 2.63. The Morgan fingerprint density at radius 1 is 1.22 bits per heavy atom. The van der Waals surface area contributed by atoms with Gasteiger partial charge >= 0.3 is 6.18 Å². The molecule has 2 aromatic carbocycles. The molecular formula is C18H14F4N2O3. The van der Waals surface area contributed by atoms with E-state index in [2.05, 4.69) is 5.10 Å². The summed E-state index contributed by atoms with van der Waals surface area (Å²) in [6.07, 6.45) is -6.13. The van der Waals surface area contributed by atoms with Crippen LogP contribution in [0.3, 0.4) is 0 Å². The highest BCUT2D eigenvalue weighted by molar-refractivity contribution is 6.05. The van der Waals surface area contributed by atoms with E-state index in [0.717, 1.165) is 12.1 Å². The van der Waals surface area contributed by atoms with E-state index in [9.17, 15) is 27.5 Å². The van der Waals surface area contributed by atoms with E-state index in [1.165, 1.54) is 43.5 Å². The highest BCUT2D eigenvalue weighted by atomic mass is 19.4. The Labute approximate surface area is 151 Å². The molecule has 5 nitrogen and oxygen atoms in total. The second-order valence-electron chi connectivity index (χ2n) is 5.89. The van der Waals surface area contributed by atoms with Gasteiger partial charge in [-0.25, -0.2) is 4.39 Å². The molecule has 1 atom stereocenters. The number of carbonyl (C=O) groups is 1. The van der Waals surface area contributed by atoms with Gasteiger partial charge in [-0.05, 0) is 35.9 Å². The Balaban J connectivity index is 2.04. The Morgan fingerprint density at radius 2 is 1.89 bits per heavy atom. The molecule has 1 heterocycles. The van der Waals surface area contributed by atoms with Gasteiger partial charge in [0.15, 0.2) is 0 Å². The molecule has 0 aliphatic carbocycles. The van der Waals surface area contributed by atoms with Gasteiger partial charge in [-0.3, -0.25) is 4.79 Å². The third kappa shape index (κ3) is 3.37. The van der Waals surface area contributed by atoms with Gasteiger partial charge in [0.2, 0.25) is 0 Å². The molecule has 0 fully saturated rings. The summed E-state index contributed by atoms with van der Waals surface area (Å²) >= 11 is 0. The molecule has 3 rings (SSSR count). The quantitative estimate of drug-likeness (QED) is 0.829. The molecule has 142 valence electrons. The number of hydrazone groups is 1. The van der Waals surface area contributed by atoms with E-state index in [-0.39, 0.29) is 27.6 Å². The predicted octanol–water partition coefficient (Wildman–Crippen LogP) is 3.34. The fraction of sp³-hybridized carbons (Fsp3) is 0.222. The van der Waals surface area contributed by atoms with Crippen molar-refractivity contribution in [3.63, 3.8) is 0 Å². The number of methoxy groups -OCH3 is 1. The van der Waals surface area contributed by atoms with E-state index in [1.54, 1.807) is 0 Å². The lowest BCUT2D eigenvalue weighted by atomic mass is 10.0. The van der Waals surface area contributed by atoms with Crippen molar-refractivity contribution < 1.29 is 32.2 Å². The van der Waals surface area contributed by atoms with Crippen molar-refractivity contribution in [2.24, 2.45) is 5.10 Å². The topological polar surface area (TPSA) is 62.1 Å². The molecule has 0 radical (unpaired) electrons. The number of ether oxygens (including phenoxy) is 1. The summed E-state index contributed by atoms with van der Waals surface area (Å²) in [6.45, 7) is 0. The van der Waals surface area contributed by atoms with Crippen LogP contribution in [0.1, 0.15) is 22.3 Å². The zero-order valence-corrected chi connectivity index (χ0v) is 14.0. The van der Waals surface area contributed by atoms with E-state index < -0.39 is 30.0 Å². The Hall–Kier alpha value is -2.94. The predicted molar refractivity (Wildman–Crippen MR) is 87.7 cm³/mol. The molecule has 1 N–H and O–H groups in total. The Kier molecular flexibility index (Phi) is 4.64. The van der Waals surface area contributed by atoms with Crippen molar-refractivity contribution in [1.82, 2.24) is 5.01 Å². The van der Waals surface area contributed by atoms with Crippen LogP contribution in [0.5, 0.6) is 5.75 Å². The van der Waals surface area contributed by atoms with Crippen molar-refractivity contribution in [2.75, 3.05) is 7.11 Å². The average molecular weight is 382 g/mol. The molecule has 1 aliphatic heterocycles. The number of halogens is 4. The zero-order valence-electron chi connectivity index (χ0n) is 14.0. The summed E-state index contributed by atoms with van der Waals surface area (Å²) in [5.74, 6) is -1.46. The van der Waals surface area contributed by atoms with E-state index >= 15 is 0 Å². The standard InChI is InChI=1S/C18H14F4N2O3/c1-27-14-4-2-3-12(9-14)16(25)24-17(26,18(20,21)22)10-15(23-24)11-5-7-13(19)8-6-11/h2-9,26H,10H2,1H3/t17-/m1/s1. The van der Waals surface area contributed by atoms with Crippen LogP contribution in [0, 0.1) is 5.82 Å². The van der Waals surface area contributed by atoms with Crippen LogP contribution in [0.2, 0.25) is 0 Å². The van der Waals surface area contributed by atoms with Crippen LogP contribution in [-0.4, -0.2) is 40.7 Å². The number of rotatable bonds is 3. The number of nitrogens with zero attached hydrogens (tertiary/aromatic N) is 2. The smallest absolute Gasteiger partial charge is 0.438 e. The molecule has 0 saturated carbocycles. The zero-order chi connectivity index (χ0) is 19.8. The molecular weight excluding hydrogens is 368 g/mol. The molecule has 9 heteroatoms. The molecule has 0 saturated heterocycles. The summed E-state index contributed by atoms with van der Waals surface area (Å²) < 4.78 is 58.7. The summed E-state index contributed by atoms with van der Waals surface area (Å²) in [7, 11) is 1.34. The lowest BCUT2D eigenvalue weighted by Gasteiger charge is -2.32. The first-order valence-electron chi connectivity index (χ1n) is 7.77. The summed E-state index contributed by atoms with van der Waals surface area (Å²) in [6, 6.07) is 10.0. The van der Waals surface area contributed by atoms with Gasteiger partial charge < -0.3 is 9.84 Å². The number of benzene rings is 2. The molecule has 0 aromatic heterocycles. The first-order chi connectivity index (χ1) is 12.7. The first kappa shape index (κ1) is 18.8. The summed E-state index contributed by atoms with van der Waals surface area (Å²) in [5.41, 5.74) is -3.68. The third-order valence-electron chi connectivity index (χ3n) is 4.13. The minimum atomic E-state index is -5.16. The molecule has 1 amide bonds. The van der Waals surface area contributed by atoms with Crippen LogP contribution in [0.4, 0.5) is 17.6 Å². The molecule has 2 aromatic rings. The van der Waals surface area contributed by atoms with Gasteiger partial charge in [0.1, 0.15) is 11.6 Å². The number of carbonyl (C=O) groups excluding carboxylic acids is 1. The van der Waals surface area contributed by atoms with Gasteiger partial charge in [0.25, 0.3) is 11.6 Å². The average Bonchev–Trinajstić information content (AvgIpc) is 3.00. The van der Waals surface area contributed by atoms with Crippen LogP contribution < -0.4 is 4.74 Å². The molecule has 0 unspecified atom stereocenters. The fourth-order valence-electron chi connectivity index (χ4n) is 2.66. The van der Waals surface area contributed by atoms with Crippen molar-refractivity contribution >= 4 is 11.6 Å². The molecule has 1 aliphatic rings. The van der Waals surface area contributed by atoms with Crippen LogP contribution in [0.25, 0.3) is 0 Å². The minimum absolute atomic E-state index is 0.0143. The lowest BCUT2D eigenvalue weighted by molar-refractivity contribution is -0.297. The maximum atomic E-state index is 13.6. The Morgan fingerprint density at radius 3 is 2.48 bits per heavy atom. The SMILES string of the molecule is COc1cccc(C(=O)N2N=C(c3ccc(F)cc3)C[C@@]2(O)C(F)(F)F)c1. The van der Waals surface area contributed by atoms with Crippen molar-refractivity contribution in [3.8, 4) is 5.75 Å². The van der Waals surface area contributed by atoms with Crippen molar-refractivity contribution in [3.05, 3.63) is 65.5 Å². The number of aliphatic hydroxyl groups is 1. The highest BCUT2D eigenvalue weighted by Crippen LogP contribution is 2.42. The maximum Gasteiger partial charge on any atom is 0.438 e. The van der Waals surface area contributed by atoms with Crippen LogP contribution in [0.15, 0.2) is 53.6 Å². The Bertz CT molecular complexity index is 896. The first-order valence-corrected chi connectivity index (χ1v) is 7.77. The van der Waals surface area contributed by atoms with Gasteiger partial charge in [-0.2, -0.15) is 23.3 Å². The van der Waals surface area contributed by atoms with Crippen LogP contribution in [-0.2, 0) is 0 Å². The van der Waals surface area contributed by atoms with Crippen molar-refractivity contribution in [2.45, 2.75) is 18.3 Å². The molecule has 27 heavy (non-hydrogen) atoms. The van der Waals surface area contributed by atoms with Gasteiger partial charge in [-0.15, -0.1) is 0 Å². The van der Waals surface area contributed by atoms with Gasteiger partial charge in [-0.1, -0.05) is 18.2 Å². The largest absolute Gasteiger partial charge is 0.497 e. The van der Waals surface area contributed by atoms with Gasteiger partial charge in [0, 0.05) is 5.56 Å². The number of amides is 1. The van der Waals surface area contributed by atoms with Gasteiger partial charge in [0.05, 0.1) is 19.2 Å². The number of alkyl halides is 3. The summed E-state index contributed by atoms with van der Waals surface area (Å²) in [4.78, 5) is 12.7. The third-order valence-corrected chi connectivity index (χ3v) is 4.13. The summed E-state index contributed by atoms with van der Waals surface area (Å²) in [5, 5.41) is 14.0. The van der Waals surface area contributed by atoms with E-state index in [1.807, 2.05) is 0 Å². The second-order valence-corrected chi connectivity index (χ2v) is 5.89. The second kappa shape index (κ2) is 6.66. The van der Waals surface area contributed by atoms with Crippen LogP contribution >= 0.6 is 0 Å². The number of hydrogen-bond acceptors (Lipinski definition) is 4. The molecule has 0 spiro atoms. The lowest BCUT2D eigenvalue weighted by Crippen LogP contribution is -2.56. The maximum absolute atomic E-state index is 13.6. The fourth-order valence-corrected chi connectivity index (χ4v) is 2.66. The molecule has 0 bridgehead atoms. The normalized spacial score (nSPS) is 19.8. The van der Waals surface area contributed by atoms with E-state index in [4.69, 9.17) is 4.74 Å². The monoisotopic (exact) mass is 382 g/mol. The minimum Gasteiger partial charge on any atom is -0.497 e. The van der Waals surface area contributed by atoms with E-state index in [0.29, 0.717) is 0 Å². The number of hydrogen-bond donors (Lipinski definition) is 1. The van der Waals surface area contributed by atoms with Crippen molar-refractivity contribution in [1.29, 1.82) is 0 Å².